The largest absolute Gasteiger partial charge is 0.467 e. The number of ether oxygens (including phenoxy) is 1. The minimum Gasteiger partial charge on any atom is -0.467 e. The van der Waals surface area contributed by atoms with Gasteiger partial charge in [0.25, 0.3) is 0 Å². The highest BCUT2D eigenvalue weighted by Crippen LogP contribution is 2.12. The molecule has 1 aromatic carbocycles. The average molecular weight is 329 g/mol. The summed E-state index contributed by atoms with van der Waals surface area (Å²) >= 11 is 0. The van der Waals surface area contributed by atoms with E-state index in [-0.39, 0.29) is 5.91 Å². The molecule has 24 heavy (non-hydrogen) atoms. The molecule has 0 aliphatic heterocycles. The molecule has 0 aliphatic rings. The zero-order chi connectivity index (χ0) is 17.7. The molecule has 0 radical (unpaired) electrons. The second-order valence-electron chi connectivity index (χ2n) is 5.82. The van der Waals surface area contributed by atoms with Crippen molar-refractivity contribution in [2.75, 3.05) is 7.11 Å². The predicted molar refractivity (Wildman–Crippen MR) is 90.5 cm³/mol. The highest BCUT2D eigenvalue weighted by atomic mass is 16.5. The topological polar surface area (TPSA) is 73.2 Å². The summed E-state index contributed by atoms with van der Waals surface area (Å²) in [7, 11) is 1.32. The molecule has 0 aliphatic carbocycles. The van der Waals surface area contributed by atoms with E-state index in [1.807, 2.05) is 50.2 Å². The molecular weight excluding hydrogens is 306 g/mol. The van der Waals surface area contributed by atoms with Gasteiger partial charge >= 0.3 is 5.97 Å². The first-order chi connectivity index (χ1) is 11.4. The number of esters is 1. The first-order valence-electron chi connectivity index (χ1n) is 7.87. The summed E-state index contributed by atoms with van der Waals surface area (Å²) < 4.78 is 6.48. The number of hydrogen-bond donors (Lipinski definition) is 1. The van der Waals surface area contributed by atoms with Crippen LogP contribution in [0.3, 0.4) is 0 Å². The zero-order valence-corrected chi connectivity index (χ0v) is 14.4. The molecule has 2 atom stereocenters. The van der Waals surface area contributed by atoms with Crippen LogP contribution in [-0.4, -0.2) is 34.8 Å². The fraction of sp³-hybridized carbons (Fsp3) is 0.389. The molecular formula is C18H23N3O3. The standard InChI is InChI=1S/C18H23N3O3/c1-12-10-13(2)21(20-12)14(3)17(22)19-16(18(23)24-4)11-15-8-6-5-7-9-15/h5-10,14,16H,11H2,1-4H3,(H,19,22)/t14?,16-/m0/s1. The number of nitrogens with zero attached hydrogens (tertiary/aromatic N) is 2. The van der Waals surface area contributed by atoms with Crippen molar-refractivity contribution in [2.24, 2.45) is 0 Å². The maximum Gasteiger partial charge on any atom is 0.328 e. The minimum atomic E-state index is -0.732. The van der Waals surface area contributed by atoms with Gasteiger partial charge in [0.05, 0.1) is 12.8 Å². The molecule has 6 heteroatoms. The van der Waals surface area contributed by atoms with E-state index in [0.29, 0.717) is 6.42 Å². The van der Waals surface area contributed by atoms with E-state index in [9.17, 15) is 9.59 Å². The van der Waals surface area contributed by atoms with Gasteiger partial charge in [-0.05, 0) is 32.4 Å². The van der Waals surface area contributed by atoms with Gasteiger partial charge in [-0.3, -0.25) is 9.48 Å². The monoisotopic (exact) mass is 329 g/mol. The summed E-state index contributed by atoms with van der Waals surface area (Å²) in [4.78, 5) is 24.6. The number of aryl methyl sites for hydroxylation is 2. The molecule has 2 rings (SSSR count). The maximum atomic E-state index is 12.5. The number of carbonyl (C=O) groups excluding carboxylic acids is 2. The number of hydrogen-bond acceptors (Lipinski definition) is 4. The van der Waals surface area contributed by atoms with Crippen molar-refractivity contribution in [3.05, 3.63) is 53.3 Å². The number of carbonyl (C=O) groups is 2. The summed E-state index contributed by atoms with van der Waals surface area (Å²) in [5.74, 6) is -0.736. The highest BCUT2D eigenvalue weighted by Gasteiger charge is 2.26. The average Bonchev–Trinajstić information content (AvgIpc) is 2.92. The Morgan fingerprint density at radius 2 is 1.92 bits per heavy atom. The van der Waals surface area contributed by atoms with Crippen molar-refractivity contribution < 1.29 is 14.3 Å². The fourth-order valence-electron chi connectivity index (χ4n) is 2.63. The van der Waals surface area contributed by atoms with E-state index in [1.54, 1.807) is 11.6 Å². The molecule has 0 saturated carbocycles. The number of rotatable bonds is 6. The van der Waals surface area contributed by atoms with Gasteiger partial charge in [-0.1, -0.05) is 30.3 Å². The lowest BCUT2D eigenvalue weighted by molar-refractivity contribution is -0.145. The van der Waals surface area contributed by atoms with Crippen LogP contribution in [0, 0.1) is 13.8 Å². The Balaban J connectivity index is 2.12. The Kier molecular flexibility index (Phi) is 5.73. The maximum absolute atomic E-state index is 12.5. The second-order valence-corrected chi connectivity index (χ2v) is 5.82. The lowest BCUT2D eigenvalue weighted by Crippen LogP contribution is -2.45. The van der Waals surface area contributed by atoms with E-state index < -0.39 is 18.1 Å². The Labute approximate surface area is 141 Å². The summed E-state index contributed by atoms with van der Waals surface area (Å²) in [6, 6.07) is 10.2. The van der Waals surface area contributed by atoms with Gasteiger partial charge < -0.3 is 10.1 Å². The summed E-state index contributed by atoms with van der Waals surface area (Å²) in [5, 5.41) is 7.10. The van der Waals surface area contributed by atoms with Crippen LogP contribution in [-0.2, 0) is 20.7 Å². The minimum absolute atomic E-state index is 0.271. The molecule has 2 aromatic rings. The van der Waals surface area contributed by atoms with Crippen molar-refractivity contribution in [1.29, 1.82) is 0 Å². The van der Waals surface area contributed by atoms with Crippen LogP contribution >= 0.6 is 0 Å². The Morgan fingerprint density at radius 1 is 1.25 bits per heavy atom. The van der Waals surface area contributed by atoms with Crippen LogP contribution in [0.15, 0.2) is 36.4 Å². The van der Waals surface area contributed by atoms with E-state index in [1.165, 1.54) is 7.11 Å². The molecule has 6 nitrogen and oxygen atoms in total. The lowest BCUT2D eigenvalue weighted by Gasteiger charge is -2.20. The van der Waals surface area contributed by atoms with Crippen LogP contribution in [0.2, 0.25) is 0 Å². The quantitative estimate of drug-likeness (QED) is 0.822. The van der Waals surface area contributed by atoms with Crippen LogP contribution in [0.1, 0.15) is 29.9 Å². The van der Waals surface area contributed by atoms with Crippen molar-refractivity contribution in [2.45, 2.75) is 39.3 Å². The van der Waals surface area contributed by atoms with Gasteiger partial charge in [0.15, 0.2) is 0 Å². The molecule has 1 unspecified atom stereocenters. The van der Waals surface area contributed by atoms with Gasteiger partial charge in [0, 0.05) is 12.1 Å². The number of amides is 1. The normalized spacial score (nSPS) is 13.2. The predicted octanol–water partition coefficient (Wildman–Crippen LogP) is 1.96. The first-order valence-corrected chi connectivity index (χ1v) is 7.87. The van der Waals surface area contributed by atoms with Gasteiger partial charge in [0.1, 0.15) is 12.1 Å². The Bertz CT molecular complexity index is 710. The molecule has 0 bridgehead atoms. The summed E-state index contributed by atoms with van der Waals surface area (Å²) in [5.41, 5.74) is 2.70. The molecule has 1 heterocycles. The fourth-order valence-corrected chi connectivity index (χ4v) is 2.63. The molecule has 0 fully saturated rings. The molecule has 128 valence electrons. The SMILES string of the molecule is COC(=O)[C@H](Cc1ccccc1)NC(=O)C(C)n1nc(C)cc1C. The van der Waals surface area contributed by atoms with E-state index in [2.05, 4.69) is 10.4 Å². The molecule has 1 amide bonds. The number of methoxy groups -OCH3 is 1. The van der Waals surface area contributed by atoms with Gasteiger partial charge in [-0.15, -0.1) is 0 Å². The Hall–Kier alpha value is -2.63. The van der Waals surface area contributed by atoms with Gasteiger partial charge in [0.2, 0.25) is 5.91 Å². The first kappa shape index (κ1) is 17.7. The third-order valence-electron chi connectivity index (χ3n) is 3.88. The smallest absolute Gasteiger partial charge is 0.328 e. The molecule has 0 spiro atoms. The second kappa shape index (κ2) is 7.77. The number of nitrogens with one attached hydrogen (secondary N) is 1. The van der Waals surface area contributed by atoms with Crippen molar-refractivity contribution in [1.82, 2.24) is 15.1 Å². The van der Waals surface area contributed by atoms with E-state index >= 15 is 0 Å². The Morgan fingerprint density at radius 3 is 2.46 bits per heavy atom. The van der Waals surface area contributed by atoms with Crippen LogP contribution < -0.4 is 5.32 Å². The van der Waals surface area contributed by atoms with Crippen LogP contribution in [0.4, 0.5) is 0 Å². The third kappa shape index (κ3) is 4.22. The van der Waals surface area contributed by atoms with Gasteiger partial charge in [-0.25, -0.2) is 4.79 Å². The molecule has 1 aromatic heterocycles. The highest BCUT2D eigenvalue weighted by molar-refractivity contribution is 5.86. The van der Waals surface area contributed by atoms with Crippen molar-refractivity contribution >= 4 is 11.9 Å². The van der Waals surface area contributed by atoms with Crippen LogP contribution in [0.5, 0.6) is 0 Å². The lowest BCUT2D eigenvalue weighted by atomic mass is 10.1. The number of aromatic nitrogens is 2. The molecule has 1 N–H and O–H groups in total. The third-order valence-corrected chi connectivity index (χ3v) is 3.88. The van der Waals surface area contributed by atoms with E-state index in [4.69, 9.17) is 4.74 Å². The number of benzene rings is 1. The van der Waals surface area contributed by atoms with Crippen molar-refractivity contribution in [3.63, 3.8) is 0 Å². The van der Waals surface area contributed by atoms with Gasteiger partial charge in [-0.2, -0.15) is 5.10 Å². The summed E-state index contributed by atoms with van der Waals surface area (Å²) in [6.07, 6.45) is 0.378. The van der Waals surface area contributed by atoms with Crippen molar-refractivity contribution in [3.8, 4) is 0 Å². The molecule has 0 saturated heterocycles. The summed E-state index contributed by atoms with van der Waals surface area (Å²) in [6.45, 7) is 5.53. The van der Waals surface area contributed by atoms with Crippen LogP contribution in [0.25, 0.3) is 0 Å². The van der Waals surface area contributed by atoms with E-state index in [0.717, 1.165) is 17.0 Å². The zero-order valence-electron chi connectivity index (χ0n) is 14.4.